The molecule has 0 fully saturated rings. The summed E-state index contributed by atoms with van der Waals surface area (Å²) in [6, 6.07) is 9.62. The summed E-state index contributed by atoms with van der Waals surface area (Å²) in [5.41, 5.74) is 9.59. The average molecular weight is 297 g/mol. The Kier molecular flexibility index (Phi) is 3.52. The maximum atomic E-state index is 5.35. The SMILES string of the molecule is NC(=S)N/N=C/c1cc(-n2cncn2)nc2ccccc12. The molecule has 0 amide bonds. The molecule has 0 aliphatic carbocycles. The third kappa shape index (κ3) is 2.84. The highest BCUT2D eigenvalue weighted by atomic mass is 32.1. The van der Waals surface area contributed by atoms with E-state index < -0.39 is 0 Å². The molecule has 0 saturated heterocycles. The van der Waals surface area contributed by atoms with Gasteiger partial charge in [0.1, 0.15) is 12.7 Å². The van der Waals surface area contributed by atoms with Crippen molar-refractivity contribution >= 4 is 34.4 Å². The molecule has 0 aliphatic rings. The van der Waals surface area contributed by atoms with Crippen molar-refractivity contribution in [2.45, 2.75) is 0 Å². The summed E-state index contributed by atoms with van der Waals surface area (Å²) in [6.07, 6.45) is 4.69. The smallest absolute Gasteiger partial charge is 0.184 e. The summed E-state index contributed by atoms with van der Waals surface area (Å²) in [6.45, 7) is 0. The molecule has 0 bridgehead atoms. The molecule has 2 aromatic heterocycles. The molecule has 0 aliphatic heterocycles. The van der Waals surface area contributed by atoms with E-state index in [4.69, 9.17) is 18.0 Å². The second kappa shape index (κ2) is 5.63. The summed E-state index contributed by atoms with van der Waals surface area (Å²) < 4.78 is 1.59. The zero-order valence-corrected chi connectivity index (χ0v) is 11.7. The summed E-state index contributed by atoms with van der Waals surface area (Å²) in [4.78, 5) is 8.48. The number of hydrogen-bond donors (Lipinski definition) is 2. The highest BCUT2D eigenvalue weighted by Crippen LogP contribution is 2.18. The summed E-state index contributed by atoms with van der Waals surface area (Å²) in [7, 11) is 0. The standard InChI is InChI=1S/C13H11N7S/c14-13(21)19-16-6-9-5-12(20-8-15-7-17-20)18-11-4-2-1-3-10(9)11/h1-8H,(H3,14,19,21)/b16-6+. The van der Waals surface area contributed by atoms with Gasteiger partial charge in [0.2, 0.25) is 0 Å². The number of para-hydroxylation sites is 1. The minimum Gasteiger partial charge on any atom is -0.375 e. The normalized spacial score (nSPS) is 11.0. The molecule has 2 heterocycles. The molecule has 0 unspecified atom stereocenters. The number of nitrogens with zero attached hydrogens (tertiary/aromatic N) is 5. The molecular weight excluding hydrogens is 286 g/mol. The van der Waals surface area contributed by atoms with Crippen LogP contribution in [0.2, 0.25) is 0 Å². The Hall–Kier alpha value is -2.87. The van der Waals surface area contributed by atoms with Crippen LogP contribution in [-0.2, 0) is 0 Å². The van der Waals surface area contributed by atoms with Gasteiger partial charge < -0.3 is 5.73 Å². The first-order chi connectivity index (χ1) is 10.2. The summed E-state index contributed by atoms with van der Waals surface area (Å²) in [5.74, 6) is 0.656. The molecule has 0 atom stereocenters. The number of hydrogen-bond acceptors (Lipinski definition) is 5. The van der Waals surface area contributed by atoms with Gasteiger partial charge in [0, 0.05) is 10.9 Å². The maximum absolute atomic E-state index is 5.35. The summed E-state index contributed by atoms with van der Waals surface area (Å²) in [5, 5.41) is 9.16. The minimum atomic E-state index is 0.112. The predicted octanol–water partition coefficient (Wildman–Crippen LogP) is 0.983. The average Bonchev–Trinajstić information content (AvgIpc) is 3.01. The molecule has 0 radical (unpaired) electrons. The van der Waals surface area contributed by atoms with Crippen LogP contribution in [0.4, 0.5) is 0 Å². The molecule has 104 valence electrons. The molecule has 8 heteroatoms. The van der Waals surface area contributed by atoms with E-state index in [1.165, 1.54) is 6.33 Å². The zero-order valence-electron chi connectivity index (χ0n) is 10.8. The Bertz CT molecular complexity index is 811. The van der Waals surface area contributed by atoms with Gasteiger partial charge in [-0.15, -0.1) is 0 Å². The molecule has 0 spiro atoms. The second-order valence-electron chi connectivity index (χ2n) is 4.16. The molecule has 21 heavy (non-hydrogen) atoms. The van der Waals surface area contributed by atoms with Crippen molar-refractivity contribution < 1.29 is 0 Å². The van der Waals surface area contributed by atoms with Crippen molar-refractivity contribution in [3.63, 3.8) is 0 Å². The minimum absolute atomic E-state index is 0.112. The van der Waals surface area contributed by atoms with E-state index >= 15 is 0 Å². The molecule has 1 aromatic carbocycles. The first-order valence-corrected chi connectivity index (χ1v) is 6.48. The van der Waals surface area contributed by atoms with E-state index in [-0.39, 0.29) is 5.11 Å². The van der Waals surface area contributed by atoms with Gasteiger partial charge in [0.05, 0.1) is 11.7 Å². The molecule has 3 rings (SSSR count). The maximum Gasteiger partial charge on any atom is 0.184 e. The fraction of sp³-hybridized carbons (Fsp3) is 0. The molecule has 7 nitrogen and oxygen atoms in total. The number of fused-ring (bicyclic) bond motifs is 1. The Morgan fingerprint density at radius 3 is 3.00 bits per heavy atom. The van der Waals surface area contributed by atoms with E-state index in [9.17, 15) is 0 Å². The van der Waals surface area contributed by atoms with Crippen molar-refractivity contribution in [2.75, 3.05) is 0 Å². The second-order valence-corrected chi connectivity index (χ2v) is 4.60. The van der Waals surface area contributed by atoms with Crippen LogP contribution in [0.3, 0.4) is 0 Å². The first kappa shape index (κ1) is 13.1. The van der Waals surface area contributed by atoms with Crippen molar-refractivity contribution in [1.82, 2.24) is 25.2 Å². The fourth-order valence-corrected chi connectivity index (χ4v) is 1.96. The van der Waals surface area contributed by atoms with Crippen LogP contribution in [0.15, 0.2) is 48.1 Å². The van der Waals surface area contributed by atoms with Crippen molar-refractivity contribution in [3.8, 4) is 5.82 Å². The van der Waals surface area contributed by atoms with E-state index in [1.807, 2.05) is 30.3 Å². The Labute approximate surface area is 125 Å². The Morgan fingerprint density at radius 2 is 2.24 bits per heavy atom. The quantitative estimate of drug-likeness (QED) is 0.425. The third-order valence-corrected chi connectivity index (χ3v) is 2.86. The molecule has 3 aromatic rings. The number of benzene rings is 1. The fourth-order valence-electron chi connectivity index (χ4n) is 1.90. The van der Waals surface area contributed by atoms with Gasteiger partial charge in [-0.2, -0.15) is 10.2 Å². The third-order valence-electron chi connectivity index (χ3n) is 2.77. The number of pyridine rings is 1. The van der Waals surface area contributed by atoms with Gasteiger partial charge in [0.15, 0.2) is 10.9 Å². The molecular formula is C13H11N7S. The highest BCUT2D eigenvalue weighted by molar-refractivity contribution is 7.80. The van der Waals surface area contributed by atoms with E-state index in [1.54, 1.807) is 17.2 Å². The van der Waals surface area contributed by atoms with Gasteiger partial charge in [-0.3, -0.25) is 5.43 Å². The lowest BCUT2D eigenvalue weighted by molar-refractivity contribution is 0.851. The predicted molar refractivity (Wildman–Crippen MR) is 84.2 cm³/mol. The van der Waals surface area contributed by atoms with Crippen LogP contribution >= 0.6 is 12.2 Å². The summed E-state index contributed by atoms with van der Waals surface area (Å²) >= 11 is 4.72. The number of thiocarbonyl (C=S) groups is 1. The van der Waals surface area contributed by atoms with Crippen molar-refractivity contribution in [2.24, 2.45) is 10.8 Å². The largest absolute Gasteiger partial charge is 0.375 e. The Balaban J connectivity index is 2.11. The molecule has 3 N–H and O–H groups in total. The van der Waals surface area contributed by atoms with Crippen LogP contribution < -0.4 is 11.2 Å². The lowest BCUT2D eigenvalue weighted by Gasteiger charge is -2.06. The van der Waals surface area contributed by atoms with Crippen molar-refractivity contribution in [1.29, 1.82) is 0 Å². The van der Waals surface area contributed by atoms with Gasteiger partial charge in [-0.05, 0) is 24.4 Å². The van der Waals surface area contributed by atoms with Crippen molar-refractivity contribution in [3.05, 3.63) is 48.5 Å². The lowest BCUT2D eigenvalue weighted by Crippen LogP contribution is -2.24. The van der Waals surface area contributed by atoms with Gasteiger partial charge in [0.25, 0.3) is 0 Å². The highest BCUT2D eigenvalue weighted by Gasteiger charge is 2.06. The number of nitrogens with one attached hydrogen (secondary N) is 1. The van der Waals surface area contributed by atoms with Gasteiger partial charge in [-0.1, -0.05) is 18.2 Å². The van der Waals surface area contributed by atoms with Crippen LogP contribution in [0, 0.1) is 0 Å². The molecule has 0 saturated carbocycles. The Morgan fingerprint density at radius 1 is 1.38 bits per heavy atom. The van der Waals surface area contributed by atoms with Gasteiger partial charge >= 0.3 is 0 Å². The van der Waals surface area contributed by atoms with E-state index in [0.717, 1.165) is 16.5 Å². The van der Waals surface area contributed by atoms with Crippen LogP contribution in [0.5, 0.6) is 0 Å². The zero-order chi connectivity index (χ0) is 14.7. The van der Waals surface area contributed by atoms with E-state index in [0.29, 0.717) is 5.82 Å². The lowest BCUT2D eigenvalue weighted by atomic mass is 10.1. The van der Waals surface area contributed by atoms with Crippen LogP contribution in [-0.4, -0.2) is 31.1 Å². The van der Waals surface area contributed by atoms with Crippen LogP contribution in [0.25, 0.3) is 16.7 Å². The topological polar surface area (TPSA) is 94.0 Å². The first-order valence-electron chi connectivity index (χ1n) is 6.07. The van der Waals surface area contributed by atoms with E-state index in [2.05, 4.69) is 25.6 Å². The monoisotopic (exact) mass is 297 g/mol. The number of nitrogens with two attached hydrogens (primary N) is 1. The van der Waals surface area contributed by atoms with Crippen LogP contribution in [0.1, 0.15) is 5.56 Å². The number of hydrazone groups is 1. The number of rotatable bonds is 3. The number of aromatic nitrogens is 4. The van der Waals surface area contributed by atoms with Gasteiger partial charge in [-0.25, -0.2) is 14.6 Å².